The lowest BCUT2D eigenvalue weighted by molar-refractivity contribution is -0.118. The number of carbonyl (C=O) groups excluding carboxylic acids is 1. The van der Waals surface area contributed by atoms with Crippen molar-refractivity contribution in [3.63, 3.8) is 0 Å². The van der Waals surface area contributed by atoms with Crippen LogP contribution in [-0.2, 0) is 4.79 Å². The molecule has 2 aromatic heterocycles. The Hall–Kier alpha value is -3.09. The highest BCUT2D eigenvalue weighted by Crippen LogP contribution is 2.27. The molecule has 0 aliphatic heterocycles. The minimum atomic E-state index is -0.358. The number of hydrogen-bond donors (Lipinski definition) is 1. The van der Waals surface area contributed by atoms with Crippen LogP contribution in [0.15, 0.2) is 60.7 Å². The summed E-state index contributed by atoms with van der Waals surface area (Å²) in [4.78, 5) is 17.0. The second-order valence-electron chi connectivity index (χ2n) is 6.36. The van der Waals surface area contributed by atoms with Gasteiger partial charge < -0.3 is 10.1 Å². The Balaban J connectivity index is 1.53. The Labute approximate surface area is 177 Å². The van der Waals surface area contributed by atoms with Crippen LogP contribution >= 0.6 is 23.2 Å². The number of para-hydroxylation sites is 1. The van der Waals surface area contributed by atoms with Crippen LogP contribution in [-0.4, -0.2) is 27.3 Å². The van der Waals surface area contributed by atoms with Crippen LogP contribution in [0, 0.1) is 6.92 Å². The molecule has 4 rings (SSSR count). The van der Waals surface area contributed by atoms with E-state index >= 15 is 0 Å². The maximum Gasteiger partial charge on any atom is 0.263 e. The fourth-order valence-corrected chi connectivity index (χ4v) is 3.18. The van der Waals surface area contributed by atoms with Crippen molar-refractivity contribution in [3.05, 3.63) is 76.4 Å². The first kappa shape index (κ1) is 19.2. The number of amides is 1. The van der Waals surface area contributed by atoms with Crippen LogP contribution in [0.4, 0.5) is 5.82 Å². The average molecular weight is 427 g/mol. The van der Waals surface area contributed by atoms with Gasteiger partial charge in [0.15, 0.2) is 12.4 Å². The lowest BCUT2D eigenvalue weighted by Gasteiger charge is -2.11. The molecule has 0 saturated carbocycles. The normalized spacial score (nSPS) is 10.9. The van der Waals surface area contributed by atoms with Crippen molar-refractivity contribution in [2.45, 2.75) is 6.92 Å². The van der Waals surface area contributed by atoms with Gasteiger partial charge in [-0.2, -0.15) is 9.78 Å². The smallest absolute Gasteiger partial charge is 0.263 e. The van der Waals surface area contributed by atoms with Crippen molar-refractivity contribution in [2.75, 3.05) is 11.9 Å². The molecule has 0 atom stereocenters. The quantitative estimate of drug-likeness (QED) is 0.484. The van der Waals surface area contributed by atoms with Gasteiger partial charge in [-0.15, -0.1) is 0 Å². The summed E-state index contributed by atoms with van der Waals surface area (Å²) in [5.74, 6) is 1.08. The van der Waals surface area contributed by atoms with E-state index in [0.29, 0.717) is 27.4 Å². The summed E-state index contributed by atoms with van der Waals surface area (Å²) in [5, 5.41) is 9.12. The molecule has 2 aromatic carbocycles. The van der Waals surface area contributed by atoms with Crippen molar-refractivity contribution in [3.8, 4) is 11.6 Å². The van der Waals surface area contributed by atoms with Gasteiger partial charge in [-0.3, -0.25) is 4.79 Å². The first-order chi connectivity index (χ1) is 14.0. The number of anilines is 1. The summed E-state index contributed by atoms with van der Waals surface area (Å²) in [6.45, 7) is 1.62. The third-order valence-corrected chi connectivity index (χ3v) is 4.70. The number of rotatable bonds is 5. The molecule has 0 bridgehead atoms. The number of halogens is 2. The summed E-state index contributed by atoms with van der Waals surface area (Å²) < 4.78 is 7.08. The number of carbonyl (C=O) groups is 1. The fraction of sp³-hybridized carbons (Fsp3) is 0.0952. The third kappa shape index (κ3) is 4.34. The van der Waals surface area contributed by atoms with Gasteiger partial charge in [0, 0.05) is 22.5 Å². The number of hydrogen-bond acceptors (Lipinski definition) is 4. The second kappa shape index (κ2) is 8.11. The van der Waals surface area contributed by atoms with Gasteiger partial charge in [0.2, 0.25) is 0 Å². The Morgan fingerprint density at radius 1 is 1.10 bits per heavy atom. The van der Waals surface area contributed by atoms with E-state index in [1.54, 1.807) is 28.9 Å². The predicted octanol–water partition coefficient (Wildman–Crippen LogP) is 5.05. The second-order valence-corrected chi connectivity index (χ2v) is 7.20. The molecule has 0 aliphatic carbocycles. The number of nitrogens with one attached hydrogen (secondary N) is 1. The molecule has 0 fully saturated rings. The Kier molecular flexibility index (Phi) is 5.38. The zero-order valence-corrected chi connectivity index (χ0v) is 16.9. The van der Waals surface area contributed by atoms with Crippen molar-refractivity contribution in [1.82, 2.24) is 14.8 Å². The summed E-state index contributed by atoms with van der Waals surface area (Å²) in [5.41, 5.74) is 1.59. The highest BCUT2D eigenvalue weighted by atomic mass is 35.5. The van der Waals surface area contributed by atoms with Gasteiger partial charge in [-0.1, -0.05) is 41.4 Å². The molecule has 4 aromatic rings. The van der Waals surface area contributed by atoms with E-state index in [0.717, 1.165) is 16.6 Å². The van der Waals surface area contributed by atoms with E-state index in [1.165, 1.54) is 0 Å². The van der Waals surface area contributed by atoms with Crippen molar-refractivity contribution < 1.29 is 9.53 Å². The van der Waals surface area contributed by atoms with Gasteiger partial charge in [-0.05, 0) is 37.3 Å². The van der Waals surface area contributed by atoms with Crippen molar-refractivity contribution in [1.29, 1.82) is 0 Å². The van der Waals surface area contributed by atoms with E-state index < -0.39 is 0 Å². The summed E-state index contributed by atoms with van der Waals surface area (Å²) in [6, 6.07) is 18.2. The summed E-state index contributed by atoms with van der Waals surface area (Å²) in [6.07, 6.45) is 0. The molecule has 1 N–H and O–H groups in total. The largest absolute Gasteiger partial charge is 0.482 e. The molecule has 0 saturated heterocycles. The summed E-state index contributed by atoms with van der Waals surface area (Å²) in [7, 11) is 0. The van der Waals surface area contributed by atoms with Gasteiger partial charge in [0.25, 0.3) is 5.91 Å². The van der Waals surface area contributed by atoms with Crippen LogP contribution < -0.4 is 10.1 Å². The maximum atomic E-state index is 12.4. The molecule has 0 unspecified atom stereocenters. The Morgan fingerprint density at radius 2 is 1.93 bits per heavy atom. The van der Waals surface area contributed by atoms with Crippen LogP contribution in [0.5, 0.6) is 5.75 Å². The lowest BCUT2D eigenvalue weighted by Crippen LogP contribution is -2.22. The summed E-state index contributed by atoms with van der Waals surface area (Å²) >= 11 is 12.0. The molecule has 0 radical (unpaired) electrons. The lowest BCUT2D eigenvalue weighted by atomic mass is 10.2. The minimum absolute atomic E-state index is 0.227. The zero-order chi connectivity index (χ0) is 20.4. The molecule has 6 nitrogen and oxygen atoms in total. The molecular weight excluding hydrogens is 411 g/mol. The SMILES string of the molecule is Cc1cc(NC(=O)COc2cc(Cl)ccc2Cl)n(-c2ccc3ccccc3n2)n1. The molecule has 29 heavy (non-hydrogen) atoms. The predicted molar refractivity (Wildman–Crippen MR) is 114 cm³/mol. The van der Waals surface area contributed by atoms with Crippen molar-refractivity contribution in [2.24, 2.45) is 0 Å². The molecule has 146 valence electrons. The Bertz CT molecular complexity index is 1210. The maximum absolute atomic E-state index is 12.4. The van der Waals surface area contributed by atoms with Crippen molar-refractivity contribution >= 4 is 45.8 Å². The number of fused-ring (bicyclic) bond motifs is 1. The van der Waals surface area contributed by atoms with E-state index in [4.69, 9.17) is 27.9 Å². The number of benzene rings is 2. The standard InChI is InChI=1S/C21H16Cl2N4O2/c1-13-10-20(25-21(28)12-29-18-11-15(22)7-8-16(18)23)27(26-13)19-9-6-14-4-2-3-5-17(14)24-19/h2-11H,12H2,1H3,(H,25,28). The minimum Gasteiger partial charge on any atom is -0.482 e. The van der Waals surface area contributed by atoms with E-state index in [1.807, 2.05) is 43.3 Å². The van der Waals surface area contributed by atoms with Crippen LogP contribution in [0.2, 0.25) is 10.0 Å². The average Bonchev–Trinajstić information content (AvgIpc) is 3.08. The molecule has 0 spiro atoms. The number of nitrogens with zero attached hydrogens (tertiary/aromatic N) is 3. The highest BCUT2D eigenvalue weighted by Gasteiger charge is 2.13. The zero-order valence-electron chi connectivity index (χ0n) is 15.4. The topological polar surface area (TPSA) is 69.0 Å². The van der Waals surface area contributed by atoms with Gasteiger partial charge in [-0.25, -0.2) is 4.98 Å². The van der Waals surface area contributed by atoms with Gasteiger partial charge in [0.1, 0.15) is 11.6 Å². The van der Waals surface area contributed by atoms with E-state index in [-0.39, 0.29) is 12.5 Å². The Morgan fingerprint density at radius 3 is 2.79 bits per heavy atom. The highest BCUT2D eigenvalue weighted by molar-refractivity contribution is 6.34. The molecule has 0 aliphatic rings. The molecule has 2 heterocycles. The van der Waals surface area contributed by atoms with Gasteiger partial charge in [0.05, 0.1) is 16.2 Å². The molecule has 1 amide bonds. The van der Waals surface area contributed by atoms with Crippen LogP contribution in [0.1, 0.15) is 5.69 Å². The van der Waals surface area contributed by atoms with Gasteiger partial charge >= 0.3 is 0 Å². The first-order valence-electron chi connectivity index (χ1n) is 8.80. The number of aromatic nitrogens is 3. The molecule has 8 heteroatoms. The third-order valence-electron chi connectivity index (χ3n) is 4.15. The monoisotopic (exact) mass is 426 g/mol. The van der Waals surface area contributed by atoms with Crippen LogP contribution in [0.3, 0.4) is 0 Å². The van der Waals surface area contributed by atoms with E-state index in [2.05, 4.69) is 15.4 Å². The molecular formula is C21H16Cl2N4O2. The first-order valence-corrected chi connectivity index (χ1v) is 9.56. The number of aryl methyl sites for hydroxylation is 1. The fourth-order valence-electron chi connectivity index (χ4n) is 2.85. The van der Waals surface area contributed by atoms with E-state index in [9.17, 15) is 4.79 Å². The number of ether oxygens (including phenoxy) is 1. The number of pyridine rings is 1. The van der Waals surface area contributed by atoms with Crippen LogP contribution in [0.25, 0.3) is 16.7 Å².